The molecule has 1 fully saturated rings. The number of carbonyl (C=O) groups is 4. The summed E-state index contributed by atoms with van der Waals surface area (Å²) in [5, 5.41) is 2.52. The monoisotopic (exact) mass is 447 g/mol. The van der Waals surface area contributed by atoms with Crippen molar-refractivity contribution in [2.75, 3.05) is 20.2 Å². The van der Waals surface area contributed by atoms with Gasteiger partial charge in [0.25, 0.3) is 0 Å². The molecule has 9 heteroatoms. The number of esters is 1. The van der Waals surface area contributed by atoms with Crippen molar-refractivity contribution in [2.45, 2.75) is 58.8 Å². The molecule has 1 aliphatic heterocycles. The summed E-state index contributed by atoms with van der Waals surface area (Å²) in [5.74, 6) is -0.983. The lowest BCUT2D eigenvalue weighted by Crippen LogP contribution is -2.63. The average Bonchev–Trinajstić information content (AvgIpc) is 2.77. The highest BCUT2D eigenvalue weighted by atomic mass is 16.5. The van der Waals surface area contributed by atoms with E-state index in [1.165, 1.54) is 16.9 Å². The standard InChI is InChI=1S/C23H33N3O6/c1-15(2)13-19(22(29)31-5)26-12-11-25(17(4)21(26)28)20(27)16(3)24-23(30)32-14-18-9-7-6-8-10-18/h6-10,15-17,19H,11-14H2,1-5H3,(H,24,30)/t16-,17-,19-/m0/s1. The van der Waals surface area contributed by atoms with Crippen molar-refractivity contribution in [3.05, 3.63) is 35.9 Å². The van der Waals surface area contributed by atoms with Crippen molar-refractivity contribution >= 4 is 23.9 Å². The molecule has 3 amide bonds. The van der Waals surface area contributed by atoms with E-state index >= 15 is 0 Å². The fourth-order valence-corrected chi connectivity index (χ4v) is 3.69. The van der Waals surface area contributed by atoms with Gasteiger partial charge in [0.15, 0.2) is 0 Å². The fourth-order valence-electron chi connectivity index (χ4n) is 3.69. The lowest BCUT2D eigenvalue weighted by atomic mass is 10.00. The Morgan fingerprint density at radius 2 is 1.78 bits per heavy atom. The number of rotatable bonds is 8. The van der Waals surface area contributed by atoms with Crippen LogP contribution in [0.5, 0.6) is 0 Å². The van der Waals surface area contributed by atoms with Gasteiger partial charge in [-0.3, -0.25) is 9.59 Å². The molecule has 0 saturated carbocycles. The first-order chi connectivity index (χ1) is 15.1. The molecule has 0 unspecified atom stereocenters. The number of amides is 3. The first-order valence-corrected chi connectivity index (χ1v) is 10.8. The number of methoxy groups -OCH3 is 1. The Bertz CT molecular complexity index is 813. The molecular weight excluding hydrogens is 414 g/mol. The lowest BCUT2D eigenvalue weighted by Gasteiger charge is -2.42. The minimum absolute atomic E-state index is 0.0892. The van der Waals surface area contributed by atoms with Crippen molar-refractivity contribution < 1.29 is 28.7 Å². The van der Waals surface area contributed by atoms with Gasteiger partial charge >= 0.3 is 12.1 Å². The van der Waals surface area contributed by atoms with E-state index in [4.69, 9.17) is 9.47 Å². The van der Waals surface area contributed by atoms with Crippen molar-refractivity contribution in [1.82, 2.24) is 15.1 Å². The van der Waals surface area contributed by atoms with Gasteiger partial charge in [-0.1, -0.05) is 44.2 Å². The summed E-state index contributed by atoms with van der Waals surface area (Å²) >= 11 is 0. The Kier molecular flexibility index (Phi) is 9.04. The molecule has 2 rings (SSSR count). The number of ether oxygens (including phenoxy) is 2. The highest BCUT2D eigenvalue weighted by Gasteiger charge is 2.41. The van der Waals surface area contributed by atoms with Gasteiger partial charge in [-0.25, -0.2) is 9.59 Å². The molecule has 0 spiro atoms. The minimum Gasteiger partial charge on any atom is -0.467 e. The van der Waals surface area contributed by atoms with E-state index in [0.717, 1.165) is 5.56 Å². The third kappa shape index (κ3) is 6.45. The number of hydrogen-bond acceptors (Lipinski definition) is 6. The van der Waals surface area contributed by atoms with Crippen LogP contribution in [0, 0.1) is 5.92 Å². The molecule has 32 heavy (non-hydrogen) atoms. The van der Waals surface area contributed by atoms with E-state index in [1.54, 1.807) is 13.8 Å². The van der Waals surface area contributed by atoms with Crippen LogP contribution >= 0.6 is 0 Å². The van der Waals surface area contributed by atoms with Crippen LogP contribution in [0.25, 0.3) is 0 Å². The van der Waals surface area contributed by atoms with E-state index in [0.29, 0.717) is 6.42 Å². The van der Waals surface area contributed by atoms with Crippen molar-refractivity contribution in [1.29, 1.82) is 0 Å². The zero-order chi connectivity index (χ0) is 23.8. The highest BCUT2D eigenvalue weighted by Crippen LogP contribution is 2.20. The zero-order valence-electron chi connectivity index (χ0n) is 19.4. The van der Waals surface area contributed by atoms with E-state index in [2.05, 4.69) is 5.32 Å². The predicted molar refractivity (Wildman–Crippen MR) is 117 cm³/mol. The van der Waals surface area contributed by atoms with E-state index in [1.807, 2.05) is 44.2 Å². The Balaban J connectivity index is 1.95. The normalized spacial score (nSPS) is 18.2. The molecule has 0 aliphatic carbocycles. The van der Waals surface area contributed by atoms with Crippen LogP contribution < -0.4 is 5.32 Å². The van der Waals surface area contributed by atoms with Gasteiger partial charge in [0.2, 0.25) is 11.8 Å². The van der Waals surface area contributed by atoms with Crippen LogP contribution in [-0.4, -0.2) is 72.0 Å². The molecule has 0 bridgehead atoms. The topological polar surface area (TPSA) is 105 Å². The molecule has 176 valence electrons. The first kappa shape index (κ1) is 25.2. The second-order valence-electron chi connectivity index (χ2n) is 8.34. The second kappa shape index (κ2) is 11.5. The Morgan fingerprint density at radius 1 is 1.12 bits per heavy atom. The van der Waals surface area contributed by atoms with Gasteiger partial charge in [0.05, 0.1) is 7.11 Å². The largest absolute Gasteiger partial charge is 0.467 e. The average molecular weight is 448 g/mol. The van der Waals surface area contributed by atoms with Crippen LogP contribution in [0.1, 0.15) is 39.7 Å². The molecule has 1 heterocycles. The fraction of sp³-hybridized carbons (Fsp3) is 0.565. The van der Waals surface area contributed by atoms with Gasteiger partial charge in [-0.05, 0) is 31.7 Å². The van der Waals surface area contributed by atoms with Crippen molar-refractivity contribution in [2.24, 2.45) is 5.92 Å². The SMILES string of the molecule is COC(=O)[C@H](CC(C)C)N1CCN(C(=O)[C@H](C)NC(=O)OCc2ccccc2)[C@@H](C)C1=O. The van der Waals surface area contributed by atoms with Crippen LogP contribution in [0.15, 0.2) is 30.3 Å². The molecule has 1 aliphatic rings. The summed E-state index contributed by atoms with van der Waals surface area (Å²) in [6.45, 7) is 7.66. The molecule has 1 N–H and O–H groups in total. The maximum atomic E-state index is 13.0. The van der Waals surface area contributed by atoms with Gasteiger partial charge in [-0.2, -0.15) is 0 Å². The molecular formula is C23H33N3O6. The number of piperazine rings is 1. The van der Waals surface area contributed by atoms with E-state index in [-0.39, 0.29) is 37.4 Å². The highest BCUT2D eigenvalue weighted by molar-refractivity contribution is 5.93. The van der Waals surface area contributed by atoms with Gasteiger partial charge in [-0.15, -0.1) is 0 Å². The molecule has 1 aromatic carbocycles. The van der Waals surface area contributed by atoms with E-state index in [9.17, 15) is 19.2 Å². The molecule has 1 saturated heterocycles. The molecule has 9 nitrogen and oxygen atoms in total. The molecule has 1 aromatic rings. The third-order valence-electron chi connectivity index (χ3n) is 5.43. The number of nitrogens with zero attached hydrogens (tertiary/aromatic N) is 2. The summed E-state index contributed by atoms with van der Waals surface area (Å²) in [4.78, 5) is 53.1. The summed E-state index contributed by atoms with van der Waals surface area (Å²) in [6, 6.07) is 6.88. The third-order valence-corrected chi connectivity index (χ3v) is 5.43. The lowest BCUT2D eigenvalue weighted by molar-refractivity contribution is -0.161. The number of nitrogens with one attached hydrogen (secondary N) is 1. The van der Waals surface area contributed by atoms with Crippen molar-refractivity contribution in [3.8, 4) is 0 Å². The Hall–Kier alpha value is -3.10. The zero-order valence-corrected chi connectivity index (χ0v) is 19.4. The summed E-state index contributed by atoms with van der Waals surface area (Å²) < 4.78 is 10.0. The van der Waals surface area contributed by atoms with Gasteiger partial charge in [0.1, 0.15) is 24.7 Å². The van der Waals surface area contributed by atoms with Gasteiger partial charge < -0.3 is 24.6 Å². The molecule has 3 atom stereocenters. The number of carbonyl (C=O) groups excluding carboxylic acids is 4. The van der Waals surface area contributed by atoms with Crippen LogP contribution in [0.2, 0.25) is 0 Å². The Labute approximate surface area is 189 Å². The maximum Gasteiger partial charge on any atom is 0.408 e. The summed E-state index contributed by atoms with van der Waals surface area (Å²) in [7, 11) is 1.30. The molecule has 0 radical (unpaired) electrons. The first-order valence-electron chi connectivity index (χ1n) is 10.8. The smallest absolute Gasteiger partial charge is 0.408 e. The molecule has 0 aromatic heterocycles. The predicted octanol–water partition coefficient (Wildman–Crippen LogP) is 1.95. The van der Waals surface area contributed by atoms with Crippen LogP contribution in [0.3, 0.4) is 0 Å². The second-order valence-corrected chi connectivity index (χ2v) is 8.34. The maximum absolute atomic E-state index is 13.0. The number of alkyl carbamates (subject to hydrolysis) is 1. The number of hydrogen-bond donors (Lipinski definition) is 1. The summed E-state index contributed by atoms with van der Waals surface area (Å²) in [6.07, 6.45) is -0.236. The van der Waals surface area contributed by atoms with Gasteiger partial charge in [0, 0.05) is 13.1 Å². The van der Waals surface area contributed by atoms with Crippen molar-refractivity contribution in [3.63, 3.8) is 0 Å². The van der Waals surface area contributed by atoms with Crippen LogP contribution in [0.4, 0.5) is 4.79 Å². The van der Waals surface area contributed by atoms with Crippen LogP contribution in [-0.2, 0) is 30.5 Å². The van der Waals surface area contributed by atoms with E-state index < -0.39 is 30.2 Å². The summed E-state index contributed by atoms with van der Waals surface area (Å²) in [5.41, 5.74) is 0.832. The quantitative estimate of drug-likeness (QED) is 0.611. The number of benzene rings is 1. The Morgan fingerprint density at radius 3 is 2.38 bits per heavy atom. The minimum atomic E-state index is -0.868.